The first kappa shape index (κ1) is 15.5. The highest BCUT2D eigenvalue weighted by Gasteiger charge is 2.19. The predicted molar refractivity (Wildman–Crippen MR) is 82.6 cm³/mol. The van der Waals surface area contributed by atoms with E-state index in [9.17, 15) is 20.2 Å². The van der Waals surface area contributed by atoms with Gasteiger partial charge in [0, 0.05) is 16.5 Å². The van der Waals surface area contributed by atoms with Gasteiger partial charge in [-0.3, -0.25) is 25.7 Å². The molecule has 0 aliphatic heterocycles. The number of benzene rings is 1. The van der Waals surface area contributed by atoms with Crippen molar-refractivity contribution in [2.45, 2.75) is 13.8 Å². The molecule has 0 saturated heterocycles. The molecule has 0 bridgehead atoms. The van der Waals surface area contributed by atoms with Crippen LogP contribution in [0, 0.1) is 34.1 Å². The summed E-state index contributed by atoms with van der Waals surface area (Å²) in [4.78, 5) is 21.2. The number of aromatic nitrogens is 1. The summed E-state index contributed by atoms with van der Waals surface area (Å²) in [6.45, 7) is 3.72. The molecule has 2 rings (SSSR count). The van der Waals surface area contributed by atoms with Gasteiger partial charge in [0.25, 0.3) is 5.69 Å². The maximum absolute atomic E-state index is 11.0. The third kappa shape index (κ3) is 3.23. The van der Waals surface area contributed by atoms with Gasteiger partial charge in [0.2, 0.25) is 0 Å². The van der Waals surface area contributed by atoms with Crippen molar-refractivity contribution in [3.63, 3.8) is 0 Å². The average molecular weight is 321 g/mol. The van der Waals surface area contributed by atoms with Crippen molar-refractivity contribution in [2.75, 3.05) is 5.43 Å². The number of rotatable bonds is 5. The van der Waals surface area contributed by atoms with E-state index < -0.39 is 15.5 Å². The summed E-state index contributed by atoms with van der Waals surface area (Å²) in [5, 5.41) is 25.6. The van der Waals surface area contributed by atoms with Gasteiger partial charge in [-0.15, -0.1) is 0 Å². The number of hydrazone groups is 1. The van der Waals surface area contributed by atoms with Crippen molar-refractivity contribution >= 4 is 34.8 Å². The Hall–Kier alpha value is -2.88. The van der Waals surface area contributed by atoms with Crippen LogP contribution in [0.4, 0.5) is 17.1 Å². The van der Waals surface area contributed by atoms with Gasteiger partial charge in [0.05, 0.1) is 27.8 Å². The number of anilines is 1. The zero-order chi connectivity index (χ0) is 16.3. The Morgan fingerprint density at radius 1 is 1.27 bits per heavy atom. The number of hydrogen-bond donors (Lipinski definition) is 1. The number of nitrogens with zero attached hydrogens (tertiary/aromatic N) is 4. The molecule has 2 aromatic rings. The maximum Gasteiger partial charge on any atom is 0.301 e. The minimum atomic E-state index is -0.701. The van der Waals surface area contributed by atoms with Crippen LogP contribution in [0.5, 0.6) is 0 Å². The Labute approximate surface area is 128 Å². The topological polar surface area (TPSA) is 124 Å². The summed E-state index contributed by atoms with van der Waals surface area (Å²) in [5.74, 6) is 0. The van der Waals surface area contributed by atoms with Crippen LogP contribution in [-0.4, -0.2) is 20.4 Å². The van der Waals surface area contributed by atoms with Crippen molar-refractivity contribution in [3.05, 3.63) is 54.6 Å². The summed E-state index contributed by atoms with van der Waals surface area (Å²) < 4.78 is 4.16. The summed E-state index contributed by atoms with van der Waals surface area (Å²) in [7, 11) is 0. The maximum atomic E-state index is 11.0. The third-order valence-corrected chi connectivity index (χ3v) is 3.71. The Balaban J connectivity index is 2.26. The summed E-state index contributed by atoms with van der Waals surface area (Å²) in [6, 6.07) is 3.31. The van der Waals surface area contributed by atoms with E-state index in [0.717, 1.165) is 22.2 Å². The first-order valence-corrected chi connectivity index (χ1v) is 6.82. The number of hydrogen-bond acceptors (Lipinski definition) is 8. The largest absolute Gasteiger partial charge is 0.301 e. The SMILES string of the molecule is Cc1nsc(C)c1C=NNc1ccc([N+](=O)[O-])cc1[N+](=O)[O-]. The van der Waals surface area contributed by atoms with E-state index in [1.165, 1.54) is 29.9 Å². The van der Waals surface area contributed by atoms with Crippen LogP contribution >= 0.6 is 11.5 Å². The van der Waals surface area contributed by atoms with Crippen LogP contribution in [-0.2, 0) is 0 Å². The van der Waals surface area contributed by atoms with Gasteiger partial charge in [-0.2, -0.15) is 9.47 Å². The number of nitrogens with one attached hydrogen (secondary N) is 1. The van der Waals surface area contributed by atoms with Gasteiger partial charge in [0.15, 0.2) is 0 Å². The Morgan fingerprint density at radius 2 is 2.00 bits per heavy atom. The monoisotopic (exact) mass is 321 g/mol. The standard InChI is InChI=1S/C12H11N5O4S/c1-7-10(8(2)22-15-7)6-13-14-11-4-3-9(16(18)19)5-12(11)17(20)21/h3-6,14H,1-2H3. The Bertz CT molecular complexity index is 751. The number of nitro groups is 2. The van der Waals surface area contributed by atoms with Crippen molar-refractivity contribution in [1.82, 2.24) is 4.37 Å². The fraction of sp³-hybridized carbons (Fsp3) is 0.167. The molecular formula is C12H11N5O4S. The molecule has 1 heterocycles. The summed E-state index contributed by atoms with van der Waals surface area (Å²) in [6.07, 6.45) is 1.51. The van der Waals surface area contributed by atoms with Gasteiger partial charge in [0.1, 0.15) is 5.69 Å². The Morgan fingerprint density at radius 3 is 2.55 bits per heavy atom. The Kier molecular flexibility index (Phi) is 4.41. The zero-order valence-electron chi connectivity index (χ0n) is 11.6. The summed E-state index contributed by atoms with van der Waals surface area (Å²) in [5.41, 5.74) is 3.49. The minimum absolute atomic E-state index is 0.0744. The zero-order valence-corrected chi connectivity index (χ0v) is 12.5. The lowest BCUT2D eigenvalue weighted by atomic mass is 10.2. The molecular weight excluding hydrogens is 310 g/mol. The smallest absolute Gasteiger partial charge is 0.272 e. The second-order valence-electron chi connectivity index (χ2n) is 4.32. The molecule has 0 radical (unpaired) electrons. The lowest BCUT2D eigenvalue weighted by molar-refractivity contribution is -0.393. The van der Waals surface area contributed by atoms with E-state index in [1.54, 1.807) is 0 Å². The third-order valence-electron chi connectivity index (χ3n) is 2.86. The van der Waals surface area contributed by atoms with Crippen LogP contribution < -0.4 is 5.43 Å². The first-order valence-electron chi connectivity index (χ1n) is 6.05. The first-order chi connectivity index (χ1) is 10.4. The molecule has 1 aromatic carbocycles. The fourth-order valence-electron chi connectivity index (χ4n) is 1.72. The lowest BCUT2D eigenvalue weighted by Gasteiger charge is -2.01. The van der Waals surface area contributed by atoms with Crippen molar-refractivity contribution in [1.29, 1.82) is 0 Å². The van der Waals surface area contributed by atoms with E-state index >= 15 is 0 Å². The fourth-order valence-corrected chi connectivity index (χ4v) is 2.39. The molecule has 0 atom stereocenters. The normalized spacial score (nSPS) is 10.8. The van der Waals surface area contributed by atoms with Gasteiger partial charge in [-0.05, 0) is 31.4 Å². The number of nitro benzene ring substituents is 2. The molecule has 9 nitrogen and oxygen atoms in total. The number of aryl methyl sites for hydroxylation is 2. The van der Waals surface area contributed by atoms with Crippen LogP contribution in [0.2, 0.25) is 0 Å². The van der Waals surface area contributed by atoms with Crippen LogP contribution in [0.25, 0.3) is 0 Å². The predicted octanol–water partition coefficient (Wildman–Crippen LogP) is 3.02. The second kappa shape index (κ2) is 6.26. The van der Waals surface area contributed by atoms with E-state index in [-0.39, 0.29) is 11.4 Å². The van der Waals surface area contributed by atoms with Gasteiger partial charge < -0.3 is 0 Å². The number of non-ortho nitro benzene ring substituents is 1. The molecule has 0 unspecified atom stereocenters. The van der Waals surface area contributed by atoms with Crippen molar-refractivity contribution in [2.24, 2.45) is 5.10 Å². The van der Waals surface area contributed by atoms with Gasteiger partial charge in [-0.1, -0.05) is 0 Å². The van der Waals surface area contributed by atoms with Gasteiger partial charge in [-0.25, -0.2) is 0 Å². The lowest BCUT2D eigenvalue weighted by Crippen LogP contribution is -1.99. The second-order valence-corrected chi connectivity index (χ2v) is 5.30. The van der Waals surface area contributed by atoms with Crippen LogP contribution in [0.1, 0.15) is 16.1 Å². The van der Waals surface area contributed by atoms with E-state index in [0.29, 0.717) is 0 Å². The molecule has 1 N–H and O–H groups in total. The quantitative estimate of drug-likeness (QED) is 0.513. The molecule has 10 heteroatoms. The van der Waals surface area contributed by atoms with Gasteiger partial charge >= 0.3 is 5.69 Å². The van der Waals surface area contributed by atoms with E-state index in [1.807, 2.05) is 13.8 Å². The molecule has 0 saturated carbocycles. The molecule has 0 spiro atoms. The van der Waals surface area contributed by atoms with E-state index in [2.05, 4.69) is 14.9 Å². The highest BCUT2D eigenvalue weighted by atomic mass is 32.1. The van der Waals surface area contributed by atoms with Crippen LogP contribution in [0.15, 0.2) is 23.3 Å². The molecule has 1 aromatic heterocycles. The minimum Gasteiger partial charge on any atom is -0.272 e. The highest BCUT2D eigenvalue weighted by Crippen LogP contribution is 2.28. The van der Waals surface area contributed by atoms with Crippen molar-refractivity contribution in [3.8, 4) is 0 Å². The molecule has 0 aliphatic carbocycles. The van der Waals surface area contributed by atoms with E-state index in [4.69, 9.17) is 0 Å². The molecule has 0 amide bonds. The van der Waals surface area contributed by atoms with Crippen molar-refractivity contribution < 1.29 is 9.85 Å². The van der Waals surface area contributed by atoms with Crippen LogP contribution in [0.3, 0.4) is 0 Å². The molecule has 22 heavy (non-hydrogen) atoms. The average Bonchev–Trinajstić information content (AvgIpc) is 2.78. The molecule has 0 aliphatic rings. The summed E-state index contributed by atoms with van der Waals surface area (Å²) >= 11 is 1.34. The molecule has 0 fully saturated rings. The highest BCUT2D eigenvalue weighted by molar-refractivity contribution is 7.06. The molecule has 114 valence electrons.